The molecule has 72 valence electrons. The predicted molar refractivity (Wildman–Crippen MR) is 40.2 cm³/mol. The highest BCUT2D eigenvalue weighted by Gasteiger charge is 2.59. The molecule has 1 aliphatic heterocycles. The Kier molecular flexibility index (Phi) is 2.16. The Morgan fingerprint density at radius 1 is 1.50 bits per heavy atom. The quantitative estimate of drug-likeness (QED) is 0.406. The summed E-state index contributed by atoms with van der Waals surface area (Å²) < 4.78 is 13.4. The average molecular weight is 179 g/mol. The molecule has 1 heterocycles. The number of hydrogen-bond acceptors (Lipinski definition) is 4. The number of aliphatic hydroxyl groups excluding tert-OH is 2. The first-order valence-corrected chi connectivity index (χ1v) is 3.81. The molecule has 1 fully saturated rings. The Balaban J connectivity index is 2.88. The summed E-state index contributed by atoms with van der Waals surface area (Å²) in [7, 11) is 0. The molecule has 3 atom stereocenters. The van der Waals surface area contributed by atoms with Crippen LogP contribution < -0.4 is 5.32 Å². The van der Waals surface area contributed by atoms with Crippen molar-refractivity contribution in [1.82, 2.24) is 5.32 Å². The zero-order valence-corrected chi connectivity index (χ0v) is 7.08. The van der Waals surface area contributed by atoms with Crippen molar-refractivity contribution in [1.29, 1.82) is 0 Å². The molecule has 0 aromatic carbocycles. The molecule has 0 unspecified atom stereocenters. The second kappa shape index (κ2) is 2.63. The van der Waals surface area contributed by atoms with Gasteiger partial charge in [-0.25, -0.2) is 4.39 Å². The lowest BCUT2D eigenvalue weighted by molar-refractivity contribution is -0.183. The van der Waals surface area contributed by atoms with E-state index in [0.717, 1.165) is 0 Å². The fraction of sp³-hybridized carbons (Fsp3) is 1.00. The highest BCUT2D eigenvalue weighted by Crippen LogP contribution is 2.35. The maximum Gasteiger partial charge on any atom is 0.252 e. The van der Waals surface area contributed by atoms with E-state index in [0.29, 0.717) is 0 Å². The third-order valence-corrected chi connectivity index (χ3v) is 2.39. The largest absolute Gasteiger partial charge is 0.395 e. The molecule has 0 radical (unpaired) electrons. The Bertz CT molecular complexity index is 183. The highest BCUT2D eigenvalue weighted by atomic mass is 19.2. The normalized spacial score (nSPS) is 46.5. The molecule has 4 nitrogen and oxygen atoms in total. The molecule has 12 heavy (non-hydrogen) atoms. The first-order valence-electron chi connectivity index (χ1n) is 3.81. The molecule has 0 spiro atoms. The summed E-state index contributed by atoms with van der Waals surface area (Å²) in [5, 5.41) is 29.7. The minimum absolute atomic E-state index is 0.406. The van der Waals surface area contributed by atoms with E-state index in [-0.39, 0.29) is 0 Å². The van der Waals surface area contributed by atoms with Crippen molar-refractivity contribution in [3.05, 3.63) is 0 Å². The maximum absolute atomic E-state index is 13.4. The van der Waals surface area contributed by atoms with Crippen LogP contribution in [0.4, 0.5) is 4.39 Å². The van der Waals surface area contributed by atoms with Crippen LogP contribution in [0.2, 0.25) is 0 Å². The average Bonchev–Trinajstić information content (AvgIpc) is 2.11. The van der Waals surface area contributed by atoms with Crippen molar-refractivity contribution in [2.75, 3.05) is 6.61 Å². The molecule has 1 rings (SSSR count). The van der Waals surface area contributed by atoms with Gasteiger partial charge in [-0.1, -0.05) is 0 Å². The first-order chi connectivity index (χ1) is 5.33. The van der Waals surface area contributed by atoms with E-state index in [2.05, 4.69) is 5.32 Å². The Labute approximate surface area is 70.0 Å². The van der Waals surface area contributed by atoms with E-state index >= 15 is 0 Å². The zero-order valence-electron chi connectivity index (χ0n) is 7.08. The molecular formula is C7H14FNO3. The smallest absolute Gasteiger partial charge is 0.252 e. The van der Waals surface area contributed by atoms with Gasteiger partial charge >= 0.3 is 0 Å². The molecule has 1 saturated heterocycles. The lowest BCUT2D eigenvalue weighted by Gasteiger charge is -2.29. The lowest BCUT2D eigenvalue weighted by Crippen LogP contribution is -2.52. The molecule has 0 aliphatic carbocycles. The summed E-state index contributed by atoms with van der Waals surface area (Å²) in [5.74, 6) is -2.69. The third kappa shape index (κ3) is 1.13. The first kappa shape index (κ1) is 9.85. The van der Waals surface area contributed by atoms with Gasteiger partial charge in [0.05, 0.1) is 18.2 Å². The fourth-order valence-electron chi connectivity index (χ4n) is 1.43. The Hall–Kier alpha value is -0.230. The lowest BCUT2D eigenvalue weighted by atomic mass is 9.95. The van der Waals surface area contributed by atoms with Gasteiger partial charge in [-0.2, -0.15) is 0 Å². The molecule has 5 heteroatoms. The second-order valence-corrected chi connectivity index (χ2v) is 3.68. The van der Waals surface area contributed by atoms with Crippen LogP contribution >= 0.6 is 0 Å². The van der Waals surface area contributed by atoms with Crippen molar-refractivity contribution in [3.8, 4) is 0 Å². The van der Waals surface area contributed by atoms with Crippen molar-refractivity contribution in [2.24, 2.45) is 0 Å². The highest BCUT2D eigenvalue weighted by molar-refractivity contribution is 5.09. The van der Waals surface area contributed by atoms with Gasteiger partial charge < -0.3 is 15.3 Å². The summed E-state index contributed by atoms with van der Waals surface area (Å²) in [6.45, 7) is 2.44. The summed E-state index contributed by atoms with van der Waals surface area (Å²) in [4.78, 5) is 0. The van der Waals surface area contributed by atoms with Crippen LogP contribution in [-0.2, 0) is 0 Å². The number of rotatable bonds is 1. The van der Waals surface area contributed by atoms with Gasteiger partial charge in [-0.05, 0) is 13.8 Å². The summed E-state index contributed by atoms with van der Waals surface area (Å²) >= 11 is 0. The molecule has 0 bridgehead atoms. The van der Waals surface area contributed by atoms with Gasteiger partial charge in [0.15, 0.2) is 0 Å². The minimum atomic E-state index is -2.69. The Morgan fingerprint density at radius 2 is 2.00 bits per heavy atom. The fourth-order valence-corrected chi connectivity index (χ4v) is 1.43. The van der Waals surface area contributed by atoms with Crippen LogP contribution in [0.3, 0.4) is 0 Å². The summed E-state index contributed by atoms with van der Waals surface area (Å²) in [6, 6.07) is -0.810. The molecular weight excluding hydrogens is 165 g/mol. The number of alkyl halides is 1. The van der Waals surface area contributed by atoms with Crippen molar-refractivity contribution >= 4 is 0 Å². The van der Waals surface area contributed by atoms with Gasteiger partial charge in [0.25, 0.3) is 5.85 Å². The third-order valence-electron chi connectivity index (χ3n) is 2.39. The number of aliphatic hydroxyl groups is 3. The van der Waals surface area contributed by atoms with Gasteiger partial charge in [0.2, 0.25) is 0 Å². The van der Waals surface area contributed by atoms with E-state index in [4.69, 9.17) is 5.11 Å². The maximum atomic E-state index is 13.4. The molecule has 1 aliphatic rings. The summed E-state index contributed by atoms with van der Waals surface area (Å²) in [5.41, 5.74) is -1.24. The van der Waals surface area contributed by atoms with Crippen molar-refractivity contribution < 1.29 is 19.7 Å². The second-order valence-electron chi connectivity index (χ2n) is 3.68. The molecule has 0 aromatic heterocycles. The standard InChI is InChI=1S/C7H14FNO3/c1-6(2)7(8,12)5(11)4(3-10)9-6/h4-5,9-12H,3H2,1-2H3/t4-,5-,7-/m1/s1. The van der Waals surface area contributed by atoms with Crippen LogP contribution in [0.1, 0.15) is 13.8 Å². The number of hydrogen-bond donors (Lipinski definition) is 4. The SMILES string of the molecule is CC1(C)N[C@H](CO)[C@@H](O)[C@]1(O)F. The van der Waals surface area contributed by atoms with E-state index < -0.39 is 30.1 Å². The zero-order chi connectivity index (χ0) is 9.57. The summed E-state index contributed by atoms with van der Waals surface area (Å²) in [6.07, 6.45) is -1.59. The molecule has 4 N–H and O–H groups in total. The van der Waals surface area contributed by atoms with Crippen molar-refractivity contribution in [3.63, 3.8) is 0 Å². The predicted octanol–water partition coefficient (Wildman–Crippen LogP) is -1.25. The van der Waals surface area contributed by atoms with Crippen LogP contribution in [0.5, 0.6) is 0 Å². The van der Waals surface area contributed by atoms with Gasteiger partial charge in [-0.15, -0.1) is 0 Å². The van der Waals surface area contributed by atoms with Crippen LogP contribution in [0.15, 0.2) is 0 Å². The molecule has 0 aromatic rings. The monoisotopic (exact) mass is 179 g/mol. The van der Waals surface area contributed by atoms with Gasteiger partial charge in [-0.3, -0.25) is 5.32 Å². The van der Waals surface area contributed by atoms with Gasteiger partial charge in [0.1, 0.15) is 6.10 Å². The number of halogens is 1. The van der Waals surface area contributed by atoms with E-state index in [9.17, 15) is 14.6 Å². The minimum Gasteiger partial charge on any atom is -0.395 e. The Morgan fingerprint density at radius 3 is 2.17 bits per heavy atom. The molecule has 0 saturated carbocycles. The van der Waals surface area contributed by atoms with E-state index in [1.165, 1.54) is 13.8 Å². The van der Waals surface area contributed by atoms with E-state index in [1.54, 1.807) is 0 Å². The molecule has 0 amide bonds. The van der Waals surface area contributed by atoms with Crippen LogP contribution in [0, 0.1) is 0 Å². The van der Waals surface area contributed by atoms with E-state index in [1.807, 2.05) is 0 Å². The van der Waals surface area contributed by atoms with Crippen LogP contribution in [-0.4, -0.2) is 45.5 Å². The van der Waals surface area contributed by atoms with Crippen LogP contribution in [0.25, 0.3) is 0 Å². The van der Waals surface area contributed by atoms with Gasteiger partial charge in [0, 0.05) is 0 Å². The topological polar surface area (TPSA) is 72.7 Å². The van der Waals surface area contributed by atoms with Crippen molar-refractivity contribution in [2.45, 2.75) is 37.4 Å². The number of nitrogens with one attached hydrogen (secondary N) is 1.